The fourth-order valence-corrected chi connectivity index (χ4v) is 4.70. The monoisotopic (exact) mass is 335 g/mol. The molecule has 0 saturated carbocycles. The van der Waals surface area contributed by atoms with Gasteiger partial charge in [-0.25, -0.2) is 8.42 Å². The first-order chi connectivity index (χ1) is 11.0. The van der Waals surface area contributed by atoms with Crippen LogP contribution in [0.1, 0.15) is 19.3 Å². The molecule has 1 fully saturated rings. The van der Waals surface area contributed by atoms with Gasteiger partial charge >= 0.3 is 0 Å². The van der Waals surface area contributed by atoms with Gasteiger partial charge in [0, 0.05) is 19.0 Å². The van der Waals surface area contributed by atoms with Crippen LogP contribution in [-0.4, -0.2) is 44.7 Å². The predicted molar refractivity (Wildman–Crippen MR) is 87.0 cm³/mol. The second-order valence-corrected chi connectivity index (χ2v) is 8.30. The van der Waals surface area contributed by atoms with E-state index >= 15 is 0 Å². The van der Waals surface area contributed by atoms with Crippen molar-refractivity contribution in [1.29, 1.82) is 0 Å². The van der Waals surface area contributed by atoms with E-state index in [0.717, 1.165) is 19.3 Å². The number of carbonyl (C=O) groups excluding carboxylic acids is 1. The Kier molecular flexibility index (Phi) is 4.43. The van der Waals surface area contributed by atoms with Gasteiger partial charge < -0.3 is 9.64 Å². The lowest BCUT2D eigenvalue weighted by Crippen LogP contribution is -2.58. The quantitative estimate of drug-likeness (QED) is 0.790. The van der Waals surface area contributed by atoms with Crippen molar-refractivity contribution in [3.05, 3.63) is 36.4 Å². The van der Waals surface area contributed by atoms with Crippen LogP contribution in [0.25, 0.3) is 0 Å². The summed E-state index contributed by atoms with van der Waals surface area (Å²) in [5.74, 6) is 0.736. The number of methoxy groups -OCH3 is 1. The minimum absolute atomic E-state index is 0.0182. The summed E-state index contributed by atoms with van der Waals surface area (Å²) in [5, 5.41) is -0.501. The number of carbonyl (C=O) groups is 1. The molecule has 6 heteroatoms. The van der Waals surface area contributed by atoms with E-state index in [1.807, 2.05) is 6.08 Å². The van der Waals surface area contributed by atoms with Crippen LogP contribution in [0.4, 0.5) is 0 Å². The Morgan fingerprint density at radius 3 is 2.43 bits per heavy atom. The first kappa shape index (κ1) is 16.1. The van der Waals surface area contributed by atoms with Crippen molar-refractivity contribution in [3.8, 4) is 5.75 Å². The normalized spacial score (nSPS) is 21.8. The molecular weight excluding hydrogens is 314 g/mol. The Bertz CT molecular complexity index is 703. The zero-order chi connectivity index (χ0) is 16.4. The van der Waals surface area contributed by atoms with Gasteiger partial charge in [-0.15, -0.1) is 0 Å². The number of hydrogen-bond donors (Lipinski definition) is 0. The molecule has 1 aliphatic carbocycles. The number of amides is 1. The van der Waals surface area contributed by atoms with Crippen molar-refractivity contribution in [3.63, 3.8) is 0 Å². The number of hydrogen-bond acceptors (Lipinski definition) is 4. The summed E-state index contributed by atoms with van der Waals surface area (Å²) >= 11 is 0. The Morgan fingerprint density at radius 2 is 1.87 bits per heavy atom. The Labute approximate surface area is 136 Å². The zero-order valence-electron chi connectivity index (χ0n) is 13.1. The lowest BCUT2D eigenvalue weighted by molar-refractivity contribution is -0.139. The summed E-state index contributed by atoms with van der Waals surface area (Å²) in [5.41, 5.74) is 0. The third-order valence-corrected chi connectivity index (χ3v) is 6.71. The van der Waals surface area contributed by atoms with E-state index < -0.39 is 15.1 Å². The molecule has 1 unspecified atom stereocenters. The smallest absolute Gasteiger partial charge is 0.226 e. The van der Waals surface area contributed by atoms with E-state index in [0.29, 0.717) is 18.8 Å². The van der Waals surface area contributed by atoms with Gasteiger partial charge in [-0.3, -0.25) is 4.79 Å². The summed E-state index contributed by atoms with van der Waals surface area (Å²) in [6, 6.07) is 6.40. The van der Waals surface area contributed by atoms with Gasteiger partial charge in [-0.05, 0) is 43.5 Å². The fourth-order valence-electron chi connectivity index (χ4n) is 3.05. The molecule has 2 aliphatic rings. The highest BCUT2D eigenvalue weighted by Gasteiger charge is 2.42. The molecule has 1 aliphatic heterocycles. The Balaban J connectivity index is 1.63. The SMILES string of the molecule is COc1ccc(S(=O)(=O)C2CN(C(=O)C3CC=CCC3)C2)cc1. The van der Waals surface area contributed by atoms with Gasteiger partial charge in [0.25, 0.3) is 0 Å². The van der Waals surface area contributed by atoms with Gasteiger partial charge in [0.1, 0.15) is 11.0 Å². The molecule has 1 aromatic carbocycles. The van der Waals surface area contributed by atoms with Crippen LogP contribution in [0.2, 0.25) is 0 Å². The molecule has 1 atom stereocenters. The summed E-state index contributed by atoms with van der Waals surface area (Å²) in [4.78, 5) is 14.3. The average molecular weight is 335 g/mol. The van der Waals surface area contributed by atoms with Crippen molar-refractivity contribution in [2.75, 3.05) is 20.2 Å². The molecule has 124 valence electrons. The zero-order valence-corrected chi connectivity index (χ0v) is 14.0. The molecule has 0 spiro atoms. The number of sulfone groups is 1. The number of nitrogens with zero attached hydrogens (tertiary/aromatic N) is 1. The predicted octanol–water partition coefficient (Wildman–Crippen LogP) is 2.04. The van der Waals surface area contributed by atoms with E-state index in [9.17, 15) is 13.2 Å². The molecule has 1 amide bonds. The van der Waals surface area contributed by atoms with Gasteiger partial charge in [0.05, 0.1) is 12.0 Å². The van der Waals surface area contributed by atoms with Crippen molar-refractivity contribution in [1.82, 2.24) is 4.90 Å². The average Bonchev–Trinajstić information content (AvgIpc) is 2.54. The van der Waals surface area contributed by atoms with Crippen molar-refractivity contribution >= 4 is 15.7 Å². The molecule has 1 saturated heterocycles. The van der Waals surface area contributed by atoms with Gasteiger partial charge in [0.15, 0.2) is 9.84 Å². The highest BCUT2D eigenvalue weighted by atomic mass is 32.2. The third-order valence-electron chi connectivity index (χ3n) is 4.60. The second-order valence-electron chi connectivity index (χ2n) is 6.07. The lowest BCUT2D eigenvalue weighted by Gasteiger charge is -2.40. The van der Waals surface area contributed by atoms with Crippen LogP contribution in [0.5, 0.6) is 5.75 Å². The largest absolute Gasteiger partial charge is 0.497 e. The molecule has 5 nitrogen and oxygen atoms in total. The number of ether oxygens (including phenoxy) is 1. The van der Waals surface area contributed by atoms with Crippen LogP contribution in [0, 0.1) is 5.92 Å². The number of likely N-dealkylation sites (tertiary alicyclic amines) is 1. The van der Waals surface area contributed by atoms with Crippen molar-refractivity contribution in [2.24, 2.45) is 5.92 Å². The van der Waals surface area contributed by atoms with E-state index in [2.05, 4.69) is 6.08 Å². The van der Waals surface area contributed by atoms with E-state index in [-0.39, 0.29) is 16.7 Å². The van der Waals surface area contributed by atoms with Gasteiger partial charge in [0.2, 0.25) is 5.91 Å². The molecule has 23 heavy (non-hydrogen) atoms. The summed E-state index contributed by atoms with van der Waals surface area (Å²) in [6.45, 7) is 0.598. The van der Waals surface area contributed by atoms with Crippen LogP contribution >= 0.6 is 0 Å². The molecule has 3 rings (SSSR count). The fraction of sp³-hybridized carbons (Fsp3) is 0.471. The molecular formula is C17H21NO4S. The van der Waals surface area contributed by atoms with E-state index in [1.165, 1.54) is 0 Å². The molecule has 0 N–H and O–H groups in total. The highest BCUT2D eigenvalue weighted by Crippen LogP contribution is 2.28. The maximum atomic E-state index is 12.6. The van der Waals surface area contributed by atoms with Crippen LogP contribution < -0.4 is 4.74 Å². The Hall–Kier alpha value is -1.82. The molecule has 0 bridgehead atoms. The topological polar surface area (TPSA) is 63.7 Å². The van der Waals surface area contributed by atoms with Crippen LogP contribution in [0.3, 0.4) is 0 Å². The minimum atomic E-state index is -3.39. The molecule has 1 heterocycles. The summed E-state index contributed by atoms with van der Waals surface area (Å²) in [7, 11) is -1.85. The van der Waals surface area contributed by atoms with Crippen molar-refractivity contribution < 1.29 is 17.9 Å². The third kappa shape index (κ3) is 3.13. The maximum absolute atomic E-state index is 12.6. The first-order valence-corrected chi connectivity index (χ1v) is 9.38. The first-order valence-electron chi connectivity index (χ1n) is 7.84. The van der Waals surface area contributed by atoms with Crippen molar-refractivity contribution in [2.45, 2.75) is 29.4 Å². The summed E-state index contributed by atoms with van der Waals surface area (Å²) in [6.07, 6.45) is 6.69. The number of allylic oxidation sites excluding steroid dienone is 2. The maximum Gasteiger partial charge on any atom is 0.226 e. The molecule has 0 aromatic heterocycles. The van der Waals surface area contributed by atoms with E-state index in [1.54, 1.807) is 36.3 Å². The van der Waals surface area contributed by atoms with Gasteiger partial charge in [-0.1, -0.05) is 12.2 Å². The lowest BCUT2D eigenvalue weighted by atomic mass is 9.92. The number of rotatable bonds is 4. The molecule has 1 aromatic rings. The second kappa shape index (κ2) is 6.35. The van der Waals surface area contributed by atoms with Crippen LogP contribution in [0.15, 0.2) is 41.3 Å². The highest BCUT2D eigenvalue weighted by molar-refractivity contribution is 7.92. The van der Waals surface area contributed by atoms with Gasteiger partial charge in [-0.2, -0.15) is 0 Å². The molecule has 0 radical (unpaired) electrons. The number of benzene rings is 1. The summed E-state index contributed by atoms with van der Waals surface area (Å²) < 4.78 is 30.2. The van der Waals surface area contributed by atoms with Crippen LogP contribution in [-0.2, 0) is 14.6 Å². The van der Waals surface area contributed by atoms with E-state index in [4.69, 9.17) is 4.74 Å². The standard InChI is InChI=1S/C17H21NO4S/c1-22-14-7-9-15(10-8-14)23(20,21)16-11-18(12-16)17(19)13-5-3-2-4-6-13/h2-3,7-10,13,16H,4-6,11-12H2,1H3. The Morgan fingerprint density at radius 1 is 1.17 bits per heavy atom. The minimum Gasteiger partial charge on any atom is -0.497 e.